The summed E-state index contributed by atoms with van der Waals surface area (Å²) in [5, 5.41) is 5.63. The molecule has 0 heterocycles. The molecule has 0 unspecified atom stereocenters. The number of carbonyl (C=O) groups excluding carboxylic acids is 2. The van der Waals surface area contributed by atoms with Gasteiger partial charge in [-0.25, -0.2) is 0 Å². The van der Waals surface area contributed by atoms with Gasteiger partial charge in [0, 0.05) is 35.9 Å². The highest BCUT2D eigenvalue weighted by Gasteiger charge is 2.07. The van der Waals surface area contributed by atoms with E-state index in [2.05, 4.69) is 10.6 Å². The van der Waals surface area contributed by atoms with Crippen molar-refractivity contribution in [2.45, 2.75) is 57.8 Å². The number of carbonyl (C=O) groups is 2. The zero-order valence-corrected chi connectivity index (χ0v) is 23.4. The van der Waals surface area contributed by atoms with Crippen molar-refractivity contribution in [1.82, 2.24) is 0 Å². The molecule has 0 bridgehead atoms. The minimum absolute atomic E-state index is 0.0771. The van der Waals surface area contributed by atoms with Gasteiger partial charge in [0.2, 0.25) is 11.8 Å². The Labute approximate surface area is 228 Å². The predicted molar refractivity (Wildman–Crippen MR) is 154 cm³/mol. The van der Waals surface area contributed by atoms with Crippen LogP contribution in [-0.2, 0) is 18.7 Å². The maximum absolute atomic E-state index is 12.1. The number of rotatable bonds is 16. The molecule has 2 amide bonds. The van der Waals surface area contributed by atoms with Gasteiger partial charge < -0.3 is 30.2 Å². The molecule has 0 aromatic heterocycles. The van der Waals surface area contributed by atoms with Crippen molar-refractivity contribution in [2.75, 3.05) is 10.6 Å². The highest BCUT2D eigenvalue weighted by atomic mass is 31.2. The third-order valence-electron chi connectivity index (χ3n) is 5.62. The average Bonchev–Trinajstić information content (AvgIpc) is 2.86. The van der Waals surface area contributed by atoms with Crippen LogP contribution in [-0.4, -0.2) is 31.4 Å². The minimum atomic E-state index is -4.20. The Morgan fingerprint density at radius 2 is 0.872 bits per heavy atom. The van der Waals surface area contributed by atoms with Crippen molar-refractivity contribution >= 4 is 50.5 Å². The van der Waals surface area contributed by atoms with Crippen LogP contribution in [0.25, 0.3) is 12.2 Å². The summed E-state index contributed by atoms with van der Waals surface area (Å²) in [4.78, 5) is 59.7. The molecule has 0 spiro atoms. The summed E-state index contributed by atoms with van der Waals surface area (Å²) >= 11 is 0. The fourth-order valence-corrected chi connectivity index (χ4v) is 4.36. The summed E-state index contributed by atoms with van der Waals surface area (Å²) in [6, 6.07) is 13.4. The van der Waals surface area contributed by atoms with Gasteiger partial charge in [-0.3, -0.25) is 18.7 Å². The minimum Gasteiger partial charge on any atom is -0.326 e. The van der Waals surface area contributed by atoms with Crippen molar-refractivity contribution < 1.29 is 38.3 Å². The molecule has 0 atom stereocenters. The number of nitrogens with one attached hydrogen (secondary N) is 2. The van der Waals surface area contributed by atoms with E-state index in [1.807, 2.05) is 0 Å². The van der Waals surface area contributed by atoms with Crippen LogP contribution in [0.15, 0.2) is 60.2 Å². The molecular weight excluding hydrogens is 542 g/mol. The lowest BCUT2D eigenvalue weighted by atomic mass is 10.1. The molecule has 0 radical (unpaired) electrons. The normalized spacial score (nSPS) is 12.2. The van der Waals surface area contributed by atoms with E-state index in [9.17, 15) is 18.7 Å². The van der Waals surface area contributed by atoms with Crippen molar-refractivity contribution in [3.8, 4) is 0 Å². The summed E-state index contributed by atoms with van der Waals surface area (Å²) in [6.07, 6.45) is 10.0. The Morgan fingerprint density at radius 3 is 1.18 bits per heavy atom. The summed E-state index contributed by atoms with van der Waals surface area (Å²) in [7, 11) is -8.40. The molecule has 6 N–H and O–H groups in total. The molecule has 0 aliphatic carbocycles. The molecule has 10 nitrogen and oxygen atoms in total. The predicted octanol–water partition coefficient (Wildman–Crippen LogP) is 6.07. The largest absolute Gasteiger partial charge is 0.349 e. The number of anilines is 2. The van der Waals surface area contributed by atoms with Crippen LogP contribution < -0.4 is 10.6 Å². The Kier molecular flexibility index (Phi) is 13.5. The van der Waals surface area contributed by atoms with Crippen LogP contribution in [0, 0.1) is 0 Å². The van der Waals surface area contributed by atoms with Crippen molar-refractivity contribution in [2.24, 2.45) is 0 Å². The zero-order chi connectivity index (χ0) is 28.7. The van der Waals surface area contributed by atoms with Gasteiger partial charge >= 0.3 is 15.2 Å². The van der Waals surface area contributed by atoms with Gasteiger partial charge in [-0.2, -0.15) is 0 Å². The molecule has 39 heavy (non-hydrogen) atoms. The van der Waals surface area contributed by atoms with Gasteiger partial charge in [-0.1, -0.05) is 56.4 Å². The van der Waals surface area contributed by atoms with E-state index in [1.54, 1.807) is 48.5 Å². The van der Waals surface area contributed by atoms with Crippen LogP contribution in [0.3, 0.4) is 0 Å². The van der Waals surface area contributed by atoms with Crippen LogP contribution in [0.5, 0.6) is 0 Å². The molecule has 0 fully saturated rings. The van der Waals surface area contributed by atoms with Crippen molar-refractivity contribution in [1.29, 1.82) is 0 Å². The third kappa shape index (κ3) is 16.0. The summed E-state index contributed by atoms with van der Waals surface area (Å²) in [5.74, 6) is 1.52. The van der Waals surface area contributed by atoms with E-state index in [-0.39, 0.29) is 11.8 Å². The van der Waals surface area contributed by atoms with E-state index in [0.717, 1.165) is 56.6 Å². The Bertz CT molecular complexity index is 1120. The third-order valence-corrected chi connectivity index (χ3v) is 6.69. The molecular formula is C27H36N2O8P2. The van der Waals surface area contributed by atoms with Gasteiger partial charge in [-0.05, 0) is 60.4 Å². The lowest BCUT2D eigenvalue weighted by Gasteiger charge is -2.07. The van der Waals surface area contributed by atoms with Crippen molar-refractivity contribution in [3.05, 3.63) is 71.3 Å². The topological polar surface area (TPSA) is 173 Å². The van der Waals surface area contributed by atoms with Gasteiger partial charge in [0.25, 0.3) is 0 Å². The van der Waals surface area contributed by atoms with Gasteiger partial charge in [0.1, 0.15) is 0 Å². The number of unbranched alkanes of at least 4 members (excludes halogenated alkanes) is 6. The summed E-state index contributed by atoms with van der Waals surface area (Å²) < 4.78 is 21.7. The second-order valence-corrected chi connectivity index (χ2v) is 12.1. The summed E-state index contributed by atoms with van der Waals surface area (Å²) in [6.45, 7) is 0. The summed E-state index contributed by atoms with van der Waals surface area (Å²) in [5.41, 5.74) is 2.51. The maximum Gasteiger partial charge on any atom is 0.349 e. The number of hydrogen-bond donors (Lipinski definition) is 6. The van der Waals surface area contributed by atoms with Crippen LogP contribution in [0.4, 0.5) is 11.4 Å². The number of benzene rings is 2. The molecule has 0 saturated carbocycles. The molecule has 212 valence electrons. The SMILES string of the molecule is O=C(CCCCCCCCCC(=O)Nc1ccc(C=CP(=O)(O)O)cc1)Nc1ccc(C=CP(=O)(O)O)cc1. The van der Waals surface area contributed by atoms with E-state index in [4.69, 9.17) is 19.6 Å². The lowest BCUT2D eigenvalue weighted by Crippen LogP contribution is -2.11. The molecule has 12 heteroatoms. The standard InChI is InChI=1S/C27H36N2O8P2/c30-26(28-24-14-10-22(11-15-24)18-20-38(32,33)34)8-6-4-2-1-3-5-7-9-27(31)29-25-16-12-23(13-17-25)19-21-39(35,36)37/h10-21H,1-9H2,(H,28,30)(H,29,31)(H2,32,33,34)(H2,35,36,37). The quantitative estimate of drug-likeness (QED) is 0.103. The van der Waals surface area contributed by atoms with E-state index >= 15 is 0 Å². The first-order valence-corrected chi connectivity index (χ1v) is 16.0. The number of hydrogen-bond acceptors (Lipinski definition) is 4. The Balaban J connectivity index is 1.50. The van der Waals surface area contributed by atoms with Gasteiger partial charge in [0.15, 0.2) is 0 Å². The Morgan fingerprint density at radius 1 is 0.564 bits per heavy atom. The highest BCUT2D eigenvalue weighted by Crippen LogP contribution is 2.37. The second-order valence-electron chi connectivity index (χ2n) is 9.12. The molecule has 2 rings (SSSR count). The second kappa shape index (κ2) is 16.3. The maximum atomic E-state index is 12.1. The molecule has 0 aliphatic rings. The zero-order valence-electron chi connectivity index (χ0n) is 21.6. The molecule has 0 aliphatic heterocycles. The van der Waals surface area contributed by atoms with Crippen molar-refractivity contribution in [3.63, 3.8) is 0 Å². The first kappa shape index (κ1) is 32.4. The van der Waals surface area contributed by atoms with E-state index < -0.39 is 15.2 Å². The fourth-order valence-electron chi connectivity index (χ4n) is 3.62. The Hall–Kier alpha value is -2.84. The van der Waals surface area contributed by atoms with Crippen LogP contribution >= 0.6 is 15.2 Å². The van der Waals surface area contributed by atoms with E-state index in [1.165, 1.54) is 12.2 Å². The smallest absolute Gasteiger partial charge is 0.326 e. The number of amides is 2. The average molecular weight is 579 g/mol. The first-order valence-electron chi connectivity index (χ1n) is 12.7. The monoisotopic (exact) mass is 578 g/mol. The first-order chi connectivity index (χ1) is 18.4. The van der Waals surface area contributed by atoms with Crippen LogP contribution in [0.2, 0.25) is 0 Å². The van der Waals surface area contributed by atoms with Crippen LogP contribution in [0.1, 0.15) is 68.9 Å². The molecule has 2 aromatic rings. The molecule has 2 aromatic carbocycles. The highest BCUT2D eigenvalue weighted by molar-refractivity contribution is 7.55. The lowest BCUT2D eigenvalue weighted by molar-refractivity contribution is -0.117. The fraction of sp³-hybridized carbons (Fsp3) is 0.333. The van der Waals surface area contributed by atoms with E-state index in [0.29, 0.717) is 35.3 Å². The molecule has 0 saturated heterocycles. The van der Waals surface area contributed by atoms with Gasteiger partial charge in [-0.15, -0.1) is 0 Å². The van der Waals surface area contributed by atoms with Gasteiger partial charge in [0.05, 0.1) is 0 Å².